The second-order valence-corrected chi connectivity index (χ2v) is 7.13. The van der Waals surface area contributed by atoms with Crippen LogP contribution in [0.5, 0.6) is 5.75 Å². The molecule has 0 heterocycles. The molecule has 0 aliphatic carbocycles. The van der Waals surface area contributed by atoms with Crippen molar-refractivity contribution in [3.05, 3.63) is 74.7 Å². The number of hydrogen-bond donors (Lipinski definition) is 2. The molecule has 2 rings (SSSR count). The van der Waals surface area contributed by atoms with Crippen LogP contribution in [0.15, 0.2) is 63.6 Å². The lowest BCUT2D eigenvalue weighted by Gasteiger charge is -2.10. The molecular formula is C20H14Br2N2O4. The molecular weight excluding hydrogens is 492 g/mol. The Labute approximate surface area is 178 Å². The van der Waals surface area contributed by atoms with Crippen molar-refractivity contribution in [3.8, 4) is 11.8 Å². The van der Waals surface area contributed by atoms with Crippen LogP contribution in [0.25, 0.3) is 6.08 Å². The number of carbonyl (C=O) groups is 2. The fourth-order valence-electron chi connectivity index (χ4n) is 2.19. The Hall–Kier alpha value is -2.89. The number of halogens is 2. The average molecular weight is 506 g/mol. The number of aromatic carboxylic acids is 1. The van der Waals surface area contributed by atoms with Crippen molar-refractivity contribution in [2.45, 2.75) is 0 Å². The molecule has 0 spiro atoms. The van der Waals surface area contributed by atoms with Crippen molar-refractivity contribution >= 4 is 55.5 Å². The summed E-state index contributed by atoms with van der Waals surface area (Å²) in [6.45, 7) is 3.92. The quantitative estimate of drug-likeness (QED) is 0.312. The highest BCUT2D eigenvalue weighted by Gasteiger charge is 2.13. The van der Waals surface area contributed by atoms with E-state index in [1.165, 1.54) is 30.3 Å². The predicted molar refractivity (Wildman–Crippen MR) is 113 cm³/mol. The fourth-order valence-corrected chi connectivity index (χ4v) is 3.64. The minimum absolute atomic E-state index is 0.0308. The van der Waals surface area contributed by atoms with E-state index in [0.717, 1.165) is 0 Å². The Kier molecular flexibility index (Phi) is 7.55. The summed E-state index contributed by atoms with van der Waals surface area (Å²) in [5.41, 5.74) is 0.764. The molecule has 2 N–H and O–H groups in total. The Bertz CT molecular complexity index is 987. The molecule has 0 saturated carbocycles. The van der Waals surface area contributed by atoms with Crippen LogP contribution in [0.1, 0.15) is 15.9 Å². The number of hydrogen-bond acceptors (Lipinski definition) is 4. The number of carboxylic acids is 1. The van der Waals surface area contributed by atoms with Gasteiger partial charge in [-0.3, -0.25) is 4.79 Å². The summed E-state index contributed by atoms with van der Waals surface area (Å²) in [5, 5.41) is 20.9. The van der Waals surface area contributed by atoms with Gasteiger partial charge in [-0.1, -0.05) is 18.7 Å². The third kappa shape index (κ3) is 5.55. The third-order valence-electron chi connectivity index (χ3n) is 3.41. The van der Waals surface area contributed by atoms with Crippen molar-refractivity contribution in [2.75, 3.05) is 11.9 Å². The van der Waals surface area contributed by atoms with Gasteiger partial charge in [0.15, 0.2) is 0 Å². The van der Waals surface area contributed by atoms with Crippen LogP contribution in [-0.4, -0.2) is 23.6 Å². The van der Waals surface area contributed by atoms with E-state index in [0.29, 0.717) is 26.9 Å². The SMILES string of the molecule is C=CCOc1c(Br)cc(/C=C(\C#N)C(=O)Nc2cccc(C(=O)O)c2)cc1Br. The van der Waals surface area contributed by atoms with Gasteiger partial charge in [0.2, 0.25) is 0 Å². The number of nitriles is 1. The molecule has 0 bridgehead atoms. The highest BCUT2D eigenvalue weighted by atomic mass is 79.9. The van der Waals surface area contributed by atoms with Gasteiger partial charge in [0.25, 0.3) is 5.91 Å². The van der Waals surface area contributed by atoms with Crippen LogP contribution in [-0.2, 0) is 4.79 Å². The lowest BCUT2D eigenvalue weighted by molar-refractivity contribution is -0.112. The Morgan fingerprint density at radius 3 is 2.50 bits per heavy atom. The smallest absolute Gasteiger partial charge is 0.335 e. The summed E-state index contributed by atoms with van der Waals surface area (Å²) in [5.74, 6) is -1.18. The third-order valence-corrected chi connectivity index (χ3v) is 4.59. The summed E-state index contributed by atoms with van der Waals surface area (Å²) in [7, 11) is 0. The van der Waals surface area contributed by atoms with E-state index < -0.39 is 11.9 Å². The first-order valence-electron chi connectivity index (χ1n) is 7.85. The lowest BCUT2D eigenvalue weighted by atomic mass is 10.1. The number of rotatable bonds is 7. The number of nitrogens with zero attached hydrogens (tertiary/aromatic N) is 1. The Morgan fingerprint density at radius 2 is 1.93 bits per heavy atom. The molecule has 8 heteroatoms. The van der Waals surface area contributed by atoms with Gasteiger partial charge in [0.05, 0.1) is 14.5 Å². The van der Waals surface area contributed by atoms with Gasteiger partial charge in [-0.15, -0.1) is 0 Å². The first kappa shape index (κ1) is 21.4. The van der Waals surface area contributed by atoms with Crippen LogP contribution >= 0.6 is 31.9 Å². The van der Waals surface area contributed by atoms with Crippen molar-refractivity contribution in [1.29, 1.82) is 5.26 Å². The summed E-state index contributed by atoms with van der Waals surface area (Å²) >= 11 is 6.79. The first-order valence-corrected chi connectivity index (χ1v) is 9.43. The number of carbonyl (C=O) groups excluding carboxylic acids is 1. The van der Waals surface area contributed by atoms with E-state index in [1.807, 2.05) is 6.07 Å². The van der Waals surface area contributed by atoms with Crippen molar-refractivity contribution in [2.24, 2.45) is 0 Å². The summed E-state index contributed by atoms with van der Waals surface area (Å²) in [6.07, 6.45) is 3.04. The van der Waals surface area contributed by atoms with E-state index in [-0.39, 0.29) is 16.8 Å². The first-order chi connectivity index (χ1) is 13.3. The molecule has 0 aliphatic rings. The molecule has 0 radical (unpaired) electrons. The van der Waals surface area contributed by atoms with E-state index >= 15 is 0 Å². The molecule has 0 fully saturated rings. The summed E-state index contributed by atoms with van der Waals surface area (Å²) in [6, 6.07) is 11.0. The topological polar surface area (TPSA) is 99.4 Å². The molecule has 0 saturated heterocycles. The van der Waals surface area contributed by atoms with Gasteiger partial charge in [-0.05, 0) is 73.8 Å². The standard InChI is InChI=1S/C20H14Br2N2O4/c1-2-6-28-18-16(21)8-12(9-17(18)22)7-14(11-23)19(25)24-15-5-3-4-13(10-15)20(26)27/h2-5,7-10H,1,6H2,(H,24,25)(H,26,27)/b14-7+. The Balaban J connectivity index is 2.27. The maximum atomic E-state index is 12.4. The number of ether oxygens (including phenoxy) is 1. The number of anilines is 1. The van der Waals surface area contributed by atoms with Crippen LogP contribution in [0.2, 0.25) is 0 Å². The molecule has 0 unspecified atom stereocenters. The van der Waals surface area contributed by atoms with Gasteiger partial charge in [-0.2, -0.15) is 5.26 Å². The molecule has 2 aromatic rings. The van der Waals surface area contributed by atoms with Gasteiger partial charge < -0.3 is 15.2 Å². The van der Waals surface area contributed by atoms with Crippen LogP contribution in [0.4, 0.5) is 5.69 Å². The minimum Gasteiger partial charge on any atom is -0.487 e. The second kappa shape index (κ2) is 9.88. The van der Waals surface area contributed by atoms with Crippen LogP contribution in [0, 0.1) is 11.3 Å². The van der Waals surface area contributed by atoms with Crippen LogP contribution in [0.3, 0.4) is 0 Å². The number of benzene rings is 2. The highest BCUT2D eigenvalue weighted by Crippen LogP contribution is 2.35. The maximum absolute atomic E-state index is 12.4. The highest BCUT2D eigenvalue weighted by molar-refractivity contribution is 9.11. The van der Waals surface area contributed by atoms with E-state index in [1.54, 1.807) is 18.2 Å². The van der Waals surface area contributed by atoms with E-state index in [4.69, 9.17) is 9.84 Å². The zero-order chi connectivity index (χ0) is 20.7. The molecule has 1 amide bonds. The molecule has 0 aliphatic heterocycles. The number of carboxylic acid groups (broad SMARTS) is 1. The molecule has 0 atom stereocenters. The van der Waals surface area contributed by atoms with E-state index in [9.17, 15) is 14.9 Å². The van der Waals surface area contributed by atoms with Gasteiger partial charge in [-0.25, -0.2) is 4.79 Å². The predicted octanol–water partition coefficient (Wildman–Crippen LogP) is 5.02. The number of amides is 1. The zero-order valence-corrected chi connectivity index (χ0v) is 17.6. The van der Waals surface area contributed by atoms with Crippen molar-refractivity contribution in [3.63, 3.8) is 0 Å². The zero-order valence-electron chi connectivity index (χ0n) is 14.4. The minimum atomic E-state index is -1.11. The normalized spacial score (nSPS) is 10.7. The maximum Gasteiger partial charge on any atom is 0.335 e. The molecule has 28 heavy (non-hydrogen) atoms. The van der Waals surface area contributed by atoms with Crippen molar-refractivity contribution < 1.29 is 19.4 Å². The Morgan fingerprint density at radius 1 is 1.25 bits per heavy atom. The van der Waals surface area contributed by atoms with E-state index in [2.05, 4.69) is 43.8 Å². The van der Waals surface area contributed by atoms with Crippen LogP contribution < -0.4 is 10.1 Å². The fraction of sp³-hybridized carbons (Fsp3) is 0.0500. The molecule has 6 nitrogen and oxygen atoms in total. The average Bonchev–Trinajstić information content (AvgIpc) is 2.65. The largest absolute Gasteiger partial charge is 0.487 e. The lowest BCUT2D eigenvalue weighted by Crippen LogP contribution is -2.14. The van der Waals surface area contributed by atoms with Gasteiger partial charge in [0.1, 0.15) is 24.0 Å². The summed E-state index contributed by atoms with van der Waals surface area (Å²) in [4.78, 5) is 23.4. The monoisotopic (exact) mass is 504 g/mol. The van der Waals surface area contributed by atoms with Crippen molar-refractivity contribution in [1.82, 2.24) is 0 Å². The number of nitrogens with one attached hydrogen (secondary N) is 1. The summed E-state index contributed by atoms with van der Waals surface area (Å²) < 4.78 is 6.82. The van der Waals surface area contributed by atoms with Gasteiger partial charge in [0, 0.05) is 5.69 Å². The second-order valence-electron chi connectivity index (χ2n) is 5.42. The van der Waals surface area contributed by atoms with Gasteiger partial charge >= 0.3 is 5.97 Å². The molecule has 142 valence electrons. The molecule has 0 aromatic heterocycles. The molecule has 2 aromatic carbocycles.